The summed E-state index contributed by atoms with van der Waals surface area (Å²) in [5.41, 5.74) is 2.52. The smallest absolute Gasteiger partial charge is 0.119 e. The van der Waals surface area contributed by atoms with Crippen LogP contribution in [0.25, 0.3) is 6.08 Å². The van der Waals surface area contributed by atoms with Crippen LogP contribution in [0.15, 0.2) is 24.3 Å². The van der Waals surface area contributed by atoms with Crippen LogP contribution in [0.5, 0.6) is 5.75 Å². The zero-order chi connectivity index (χ0) is 9.68. The number of hydrogen-bond donors (Lipinski definition) is 0. The van der Waals surface area contributed by atoms with E-state index >= 15 is 0 Å². The van der Waals surface area contributed by atoms with Crippen molar-refractivity contribution in [2.75, 3.05) is 7.11 Å². The van der Waals surface area contributed by atoms with Gasteiger partial charge in [0.1, 0.15) is 5.75 Å². The van der Waals surface area contributed by atoms with Crippen LogP contribution in [-0.4, -0.2) is 7.11 Å². The minimum atomic E-state index is 0.922. The molecule has 1 heteroatoms. The van der Waals surface area contributed by atoms with Crippen LogP contribution in [0.4, 0.5) is 0 Å². The van der Waals surface area contributed by atoms with Gasteiger partial charge in [-0.2, -0.15) is 0 Å². The Morgan fingerprint density at radius 2 is 2.15 bits per heavy atom. The predicted octanol–water partition coefficient (Wildman–Crippen LogP) is 3.43. The summed E-state index contributed by atoms with van der Waals surface area (Å²) < 4.78 is 5.13. The summed E-state index contributed by atoms with van der Waals surface area (Å²) in [5, 5.41) is 0. The quantitative estimate of drug-likeness (QED) is 0.685. The number of rotatable bonds is 3. The van der Waals surface area contributed by atoms with Crippen molar-refractivity contribution in [2.45, 2.75) is 20.3 Å². The molecule has 0 N–H and O–H groups in total. The predicted molar refractivity (Wildman–Crippen MR) is 57.1 cm³/mol. The van der Waals surface area contributed by atoms with Crippen molar-refractivity contribution in [3.63, 3.8) is 0 Å². The zero-order valence-corrected chi connectivity index (χ0v) is 8.50. The lowest BCUT2D eigenvalue weighted by Crippen LogP contribution is -1.85. The molecule has 0 saturated heterocycles. The van der Waals surface area contributed by atoms with E-state index in [2.05, 4.69) is 38.1 Å². The Morgan fingerprint density at radius 1 is 1.38 bits per heavy atom. The van der Waals surface area contributed by atoms with E-state index in [-0.39, 0.29) is 0 Å². The van der Waals surface area contributed by atoms with Gasteiger partial charge in [0.2, 0.25) is 0 Å². The summed E-state index contributed by atoms with van der Waals surface area (Å²) in [6, 6.07) is 6.12. The molecule has 0 bridgehead atoms. The maximum Gasteiger partial charge on any atom is 0.119 e. The molecule has 0 unspecified atom stereocenters. The molecule has 0 aliphatic rings. The van der Waals surface area contributed by atoms with E-state index in [0.29, 0.717) is 0 Å². The number of hydrogen-bond acceptors (Lipinski definition) is 1. The van der Waals surface area contributed by atoms with Crippen LogP contribution in [0.1, 0.15) is 24.5 Å². The molecule has 0 saturated carbocycles. The second-order valence-electron chi connectivity index (χ2n) is 3.03. The zero-order valence-electron chi connectivity index (χ0n) is 8.50. The van der Waals surface area contributed by atoms with Gasteiger partial charge in [-0.05, 0) is 36.6 Å². The first-order valence-corrected chi connectivity index (χ1v) is 4.59. The van der Waals surface area contributed by atoms with Crippen LogP contribution in [-0.2, 0) is 0 Å². The Labute approximate surface area is 80.0 Å². The first kappa shape index (κ1) is 9.85. The molecule has 0 aromatic heterocycles. The van der Waals surface area contributed by atoms with Gasteiger partial charge >= 0.3 is 0 Å². The summed E-state index contributed by atoms with van der Waals surface area (Å²) in [6.45, 7) is 4.23. The highest BCUT2D eigenvalue weighted by molar-refractivity contribution is 5.55. The van der Waals surface area contributed by atoms with E-state index in [9.17, 15) is 0 Å². The van der Waals surface area contributed by atoms with E-state index < -0.39 is 0 Å². The van der Waals surface area contributed by atoms with Gasteiger partial charge in [-0.1, -0.05) is 25.1 Å². The highest BCUT2D eigenvalue weighted by Gasteiger charge is 1.95. The van der Waals surface area contributed by atoms with E-state index in [0.717, 1.165) is 12.2 Å². The molecule has 70 valence electrons. The van der Waals surface area contributed by atoms with Crippen molar-refractivity contribution < 1.29 is 4.74 Å². The molecule has 0 spiro atoms. The maximum atomic E-state index is 5.13. The Kier molecular flexibility index (Phi) is 3.56. The second kappa shape index (κ2) is 4.70. The molecule has 1 aromatic carbocycles. The lowest BCUT2D eigenvalue weighted by atomic mass is 10.1. The summed E-state index contributed by atoms with van der Waals surface area (Å²) in [4.78, 5) is 0. The molecule has 0 amide bonds. The van der Waals surface area contributed by atoms with Gasteiger partial charge in [-0.15, -0.1) is 0 Å². The SMILES string of the molecule is CC/C=C/c1ccc(OC)cc1C. The third kappa shape index (κ3) is 2.62. The molecular formula is C12H16O. The van der Waals surface area contributed by atoms with Crippen LogP contribution in [0.3, 0.4) is 0 Å². The molecular weight excluding hydrogens is 160 g/mol. The van der Waals surface area contributed by atoms with Crippen molar-refractivity contribution in [2.24, 2.45) is 0 Å². The highest BCUT2D eigenvalue weighted by Crippen LogP contribution is 2.17. The summed E-state index contributed by atoms with van der Waals surface area (Å²) >= 11 is 0. The van der Waals surface area contributed by atoms with Crippen molar-refractivity contribution in [3.8, 4) is 5.75 Å². The Morgan fingerprint density at radius 3 is 2.69 bits per heavy atom. The Balaban J connectivity index is 2.91. The maximum absolute atomic E-state index is 5.13. The average molecular weight is 176 g/mol. The van der Waals surface area contributed by atoms with Crippen molar-refractivity contribution in [1.29, 1.82) is 0 Å². The van der Waals surface area contributed by atoms with Crippen molar-refractivity contribution in [3.05, 3.63) is 35.4 Å². The highest BCUT2D eigenvalue weighted by atomic mass is 16.5. The first-order valence-electron chi connectivity index (χ1n) is 4.59. The van der Waals surface area contributed by atoms with Gasteiger partial charge < -0.3 is 4.74 Å². The van der Waals surface area contributed by atoms with Gasteiger partial charge in [-0.25, -0.2) is 0 Å². The molecule has 0 aliphatic heterocycles. The van der Waals surface area contributed by atoms with Gasteiger partial charge in [0, 0.05) is 0 Å². The number of methoxy groups -OCH3 is 1. The van der Waals surface area contributed by atoms with E-state index in [4.69, 9.17) is 4.74 Å². The molecule has 1 aromatic rings. The number of allylic oxidation sites excluding steroid dienone is 1. The summed E-state index contributed by atoms with van der Waals surface area (Å²) in [7, 11) is 1.69. The van der Waals surface area contributed by atoms with Gasteiger partial charge in [0.15, 0.2) is 0 Å². The second-order valence-corrected chi connectivity index (χ2v) is 3.03. The van der Waals surface area contributed by atoms with Gasteiger partial charge in [-0.3, -0.25) is 0 Å². The Hall–Kier alpha value is -1.24. The fourth-order valence-electron chi connectivity index (χ4n) is 1.21. The summed E-state index contributed by atoms with van der Waals surface area (Å²) in [5.74, 6) is 0.922. The van der Waals surface area contributed by atoms with E-state index in [1.165, 1.54) is 11.1 Å². The minimum absolute atomic E-state index is 0.922. The van der Waals surface area contributed by atoms with Gasteiger partial charge in [0.05, 0.1) is 7.11 Å². The van der Waals surface area contributed by atoms with Crippen LogP contribution >= 0.6 is 0 Å². The molecule has 0 atom stereocenters. The normalized spacial score (nSPS) is 10.7. The number of ether oxygens (including phenoxy) is 1. The molecule has 0 heterocycles. The van der Waals surface area contributed by atoms with Crippen molar-refractivity contribution >= 4 is 6.08 Å². The minimum Gasteiger partial charge on any atom is -0.497 e. The molecule has 0 radical (unpaired) electrons. The van der Waals surface area contributed by atoms with Crippen LogP contribution in [0.2, 0.25) is 0 Å². The molecule has 0 aliphatic carbocycles. The molecule has 1 rings (SSSR count). The largest absolute Gasteiger partial charge is 0.497 e. The van der Waals surface area contributed by atoms with E-state index in [1.807, 2.05) is 6.07 Å². The fraction of sp³-hybridized carbons (Fsp3) is 0.333. The monoisotopic (exact) mass is 176 g/mol. The Bertz CT molecular complexity index is 300. The number of aryl methyl sites for hydroxylation is 1. The third-order valence-corrected chi connectivity index (χ3v) is 2.01. The third-order valence-electron chi connectivity index (χ3n) is 2.01. The lowest BCUT2D eigenvalue weighted by Gasteiger charge is -2.03. The van der Waals surface area contributed by atoms with Crippen LogP contribution in [0, 0.1) is 6.92 Å². The standard InChI is InChI=1S/C12H16O/c1-4-5-6-11-7-8-12(13-3)9-10(11)2/h5-9H,4H2,1-3H3/b6-5+. The fourth-order valence-corrected chi connectivity index (χ4v) is 1.21. The average Bonchev–Trinajstić information content (AvgIpc) is 2.16. The first-order chi connectivity index (χ1) is 6.27. The molecule has 13 heavy (non-hydrogen) atoms. The topological polar surface area (TPSA) is 9.23 Å². The lowest BCUT2D eigenvalue weighted by molar-refractivity contribution is 0.414. The summed E-state index contributed by atoms with van der Waals surface area (Å²) in [6.07, 6.45) is 5.38. The molecule has 0 fully saturated rings. The van der Waals surface area contributed by atoms with Gasteiger partial charge in [0.25, 0.3) is 0 Å². The van der Waals surface area contributed by atoms with Crippen LogP contribution < -0.4 is 4.74 Å². The molecule has 1 nitrogen and oxygen atoms in total. The number of benzene rings is 1. The van der Waals surface area contributed by atoms with Crippen molar-refractivity contribution in [1.82, 2.24) is 0 Å². The van der Waals surface area contributed by atoms with E-state index in [1.54, 1.807) is 7.11 Å².